The third-order valence-corrected chi connectivity index (χ3v) is 5.40. The van der Waals surface area contributed by atoms with Gasteiger partial charge < -0.3 is 15.5 Å². The van der Waals surface area contributed by atoms with Crippen LogP contribution < -0.4 is 10.6 Å². The van der Waals surface area contributed by atoms with E-state index in [1.54, 1.807) is 0 Å². The highest BCUT2D eigenvalue weighted by Gasteiger charge is 2.27. The van der Waals surface area contributed by atoms with Crippen molar-refractivity contribution in [3.8, 4) is 0 Å². The SMILES string of the molecule is O=C(NC1CC1)c1cccc(NC(C(=O)N2CCCCC2)c2ccccc2)c1. The van der Waals surface area contributed by atoms with Gasteiger partial charge in [0, 0.05) is 30.4 Å². The number of nitrogens with zero attached hydrogens (tertiary/aromatic N) is 1. The molecule has 2 N–H and O–H groups in total. The molecule has 2 amide bonds. The fourth-order valence-corrected chi connectivity index (χ4v) is 3.64. The highest BCUT2D eigenvalue weighted by Crippen LogP contribution is 2.25. The Kier molecular flexibility index (Phi) is 5.60. The van der Waals surface area contributed by atoms with Gasteiger partial charge in [0.15, 0.2) is 0 Å². The van der Waals surface area contributed by atoms with Crippen LogP contribution in [-0.4, -0.2) is 35.8 Å². The minimum Gasteiger partial charge on any atom is -0.370 e. The van der Waals surface area contributed by atoms with Crippen LogP contribution >= 0.6 is 0 Å². The van der Waals surface area contributed by atoms with Gasteiger partial charge in [-0.25, -0.2) is 0 Å². The molecular formula is C23H27N3O2. The van der Waals surface area contributed by atoms with Gasteiger partial charge in [-0.15, -0.1) is 0 Å². The lowest BCUT2D eigenvalue weighted by Gasteiger charge is -2.31. The molecule has 1 aliphatic carbocycles. The maximum Gasteiger partial charge on any atom is 0.251 e. The second-order valence-electron chi connectivity index (χ2n) is 7.70. The highest BCUT2D eigenvalue weighted by molar-refractivity contribution is 5.95. The Morgan fingerprint density at radius 2 is 1.68 bits per heavy atom. The van der Waals surface area contributed by atoms with Gasteiger partial charge in [0.2, 0.25) is 5.91 Å². The summed E-state index contributed by atoms with van der Waals surface area (Å²) in [7, 11) is 0. The first-order valence-electron chi connectivity index (χ1n) is 10.2. The van der Waals surface area contributed by atoms with Crippen LogP contribution in [0, 0.1) is 0 Å². The molecule has 0 bridgehead atoms. The number of rotatable bonds is 6. The van der Waals surface area contributed by atoms with Crippen molar-refractivity contribution in [1.29, 1.82) is 0 Å². The third-order valence-electron chi connectivity index (χ3n) is 5.40. The van der Waals surface area contributed by atoms with Crippen molar-refractivity contribution in [3.63, 3.8) is 0 Å². The number of carbonyl (C=O) groups excluding carboxylic acids is 2. The monoisotopic (exact) mass is 377 g/mol. The van der Waals surface area contributed by atoms with Gasteiger partial charge in [-0.05, 0) is 55.9 Å². The van der Waals surface area contributed by atoms with Gasteiger partial charge in [0.05, 0.1) is 0 Å². The summed E-state index contributed by atoms with van der Waals surface area (Å²) in [6, 6.07) is 17.1. The fraction of sp³-hybridized carbons (Fsp3) is 0.391. The van der Waals surface area contributed by atoms with Crippen molar-refractivity contribution in [2.45, 2.75) is 44.2 Å². The minimum atomic E-state index is -0.457. The van der Waals surface area contributed by atoms with Crippen molar-refractivity contribution in [1.82, 2.24) is 10.2 Å². The van der Waals surface area contributed by atoms with Crippen molar-refractivity contribution in [2.75, 3.05) is 18.4 Å². The Morgan fingerprint density at radius 3 is 2.39 bits per heavy atom. The Hall–Kier alpha value is -2.82. The number of hydrogen-bond acceptors (Lipinski definition) is 3. The summed E-state index contributed by atoms with van der Waals surface area (Å²) in [6.45, 7) is 1.63. The summed E-state index contributed by atoms with van der Waals surface area (Å²) >= 11 is 0. The van der Waals surface area contributed by atoms with Crippen molar-refractivity contribution in [3.05, 3.63) is 65.7 Å². The van der Waals surface area contributed by atoms with Crippen LogP contribution in [0.25, 0.3) is 0 Å². The Morgan fingerprint density at radius 1 is 0.929 bits per heavy atom. The molecule has 146 valence electrons. The molecule has 1 heterocycles. The van der Waals surface area contributed by atoms with Crippen molar-refractivity contribution < 1.29 is 9.59 Å². The van der Waals surface area contributed by atoms with E-state index in [1.807, 2.05) is 59.5 Å². The van der Waals surface area contributed by atoms with Crippen LogP contribution in [0.3, 0.4) is 0 Å². The van der Waals surface area contributed by atoms with E-state index < -0.39 is 6.04 Å². The summed E-state index contributed by atoms with van der Waals surface area (Å²) in [5.41, 5.74) is 2.34. The van der Waals surface area contributed by atoms with Crippen LogP contribution in [-0.2, 0) is 4.79 Å². The van der Waals surface area contributed by atoms with E-state index in [9.17, 15) is 9.59 Å². The van der Waals surface area contributed by atoms with E-state index in [1.165, 1.54) is 6.42 Å². The standard InChI is InChI=1S/C23H27N3O2/c27-22(25-19-12-13-19)18-10-7-11-20(16-18)24-21(17-8-3-1-4-9-17)23(28)26-14-5-2-6-15-26/h1,3-4,7-11,16,19,21,24H,2,5-6,12-15H2,(H,25,27). The Labute approximate surface area is 166 Å². The number of anilines is 1. The van der Waals surface area contributed by atoms with Gasteiger partial charge in [-0.2, -0.15) is 0 Å². The van der Waals surface area contributed by atoms with Crippen molar-refractivity contribution in [2.24, 2.45) is 0 Å². The van der Waals surface area contributed by atoms with E-state index >= 15 is 0 Å². The summed E-state index contributed by atoms with van der Waals surface area (Å²) < 4.78 is 0. The van der Waals surface area contributed by atoms with Gasteiger partial charge in [-0.1, -0.05) is 36.4 Å². The minimum absolute atomic E-state index is 0.0511. The maximum atomic E-state index is 13.3. The molecule has 1 saturated carbocycles. The van der Waals surface area contributed by atoms with Crippen LogP contribution in [0.1, 0.15) is 54.1 Å². The fourth-order valence-electron chi connectivity index (χ4n) is 3.64. The van der Waals surface area contributed by atoms with Crippen LogP contribution in [0.2, 0.25) is 0 Å². The smallest absolute Gasteiger partial charge is 0.251 e. The van der Waals surface area contributed by atoms with E-state index in [0.717, 1.165) is 50.0 Å². The maximum absolute atomic E-state index is 13.3. The van der Waals surface area contributed by atoms with E-state index in [-0.39, 0.29) is 11.8 Å². The molecule has 2 fully saturated rings. The van der Waals surface area contributed by atoms with Crippen LogP contribution in [0.15, 0.2) is 54.6 Å². The Balaban J connectivity index is 1.55. The summed E-state index contributed by atoms with van der Waals surface area (Å²) in [6.07, 6.45) is 5.42. The zero-order valence-electron chi connectivity index (χ0n) is 16.1. The predicted octanol–water partition coefficient (Wildman–Crippen LogP) is 3.74. The molecule has 0 spiro atoms. The zero-order chi connectivity index (χ0) is 19.3. The normalized spacial score (nSPS) is 17.6. The lowest BCUT2D eigenvalue weighted by molar-refractivity contribution is -0.133. The van der Waals surface area contributed by atoms with Gasteiger partial charge in [-0.3, -0.25) is 9.59 Å². The molecule has 1 aliphatic heterocycles. The number of nitrogens with one attached hydrogen (secondary N) is 2. The van der Waals surface area contributed by atoms with Crippen molar-refractivity contribution >= 4 is 17.5 Å². The number of benzene rings is 2. The first-order chi connectivity index (χ1) is 13.7. The summed E-state index contributed by atoms with van der Waals surface area (Å²) in [5, 5.41) is 6.40. The quantitative estimate of drug-likeness (QED) is 0.806. The molecule has 1 atom stereocenters. The van der Waals surface area contributed by atoms with E-state index in [0.29, 0.717) is 11.6 Å². The molecular weight excluding hydrogens is 350 g/mol. The molecule has 1 unspecified atom stereocenters. The van der Waals surface area contributed by atoms with Crippen LogP contribution in [0.5, 0.6) is 0 Å². The lowest BCUT2D eigenvalue weighted by atomic mass is 10.0. The van der Waals surface area contributed by atoms with Crippen LogP contribution in [0.4, 0.5) is 5.69 Å². The van der Waals surface area contributed by atoms with E-state index in [2.05, 4.69) is 10.6 Å². The molecule has 4 rings (SSSR count). The summed E-state index contributed by atoms with van der Waals surface area (Å²) in [5.74, 6) is 0.0449. The second kappa shape index (κ2) is 8.46. The predicted molar refractivity (Wildman–Crippen MR) is 110 cm³/mol. The molecule has 2 aliphatic rings. The molecule has 0 radical (unpaired) electrons. The first kappa shape index (κ1) is 18.5. The molecule has 28 heavy (non-hydrogen) atoms. The second-order valence-corrected chi connectivity index (χ2v) is 7.70. The van der Waals surface area contributed by atoms with Gasteiger partial charge in [0.1, 0.15) is 6.04 Å². The highest BCUT2D eigenvalue weighted by atomic mass is 16.2. The Bertz CT molecular complexity index is 827. The molecule has 1 saturated heterocycles. The first-order valence-corrected chi connectivity index (χ1v) is 10.2. The molecule has 2 aromatic carbocycles. The number of hydrogen-bond donors (Lipinski definition) is 2. The third kappa shape index (κ3) is 4.53. The van der Waals surface area contributed by atoms with E-state index in [4.69, 9.17) is 0 Å². The molecule has 2 aromatic rings. The number of amides is 2. The van der Waals surface area contributed by atoms with Gasteiger partial charge in [0.25, 0.3) is 5.91 Å². The average molecular weight is 377 g/mol. The number of likely N-dealkylation sites (tertiary alicyclic amines) is 1. The summed E-state index contributed by atoms with van der Waals surface area (Å²) in [4.78, 5) is 27.6. The number of carbonyl (C=O) groups is 2. The van der Waals surface area contributed by atoms with Gasteiger partial charge >= 0.3 is 0 Å². The average Bonchev–Trinajstić information content (AvgIpc) is 3.57. The largest absolute Gasteiger partial charge is 0.370 e. The lowest BCUT2D eigenvalue weighted by Crippen LogP contribution is -2.41. The topological polar surface area (TPSA) is 61.4 Å². The molecule has 5 nitrogen and oxygen atoms in total. The molecule has 0 aromatic heterocycles. The molecule has 5 heteroatoms. The zero-order valence-corrected chi connectivity index (χ0v) is 16.1. The number of piperidine rings is 1.